The van der Waals surface area contributed by atoms with Crippen molar-refractivity contribution in [1.29, 1.82) is 0 Å². The lowest BCUT2D eigenvalue weighted by Crippen LogP contribution is -2.25. The Bertz CT molecular complexity index is 432. The molecule has 0 atom stereocenters. The summed E-state index contributed by atoms with van der Waals surface area (Å²) in [6.07, 6.45) is 1.83. The van der Waals surface area contributed by atoms with E-state index >= 15 is 0 Å². The van der Waals surface area contributed by atoms with Gasteiger partial charge >= 0.3 is 5.97 Å². The third-order valence-corrected chi connectivity index (χ3v) is 3.01. The average molecular weight is 269 g/mol. The number of aromatic nitrogens is 1. The Morgan fingerprint density at radius 1 is 1.33 bits per heavy atom. The highest BCUT2D eigenvalue weighted by atomic mass is 32.2. The molecule has 5 heteroatoms. The van der Waals surface area contributed by atoms with Gasteiger partial charge in [-0.2, -0.15) is 0 Å². The molecule has 0 radical (unpaired) electrons. The van der Waals surface area contributed by atoms with E-state index in [0.717, 1.165) is 0 Å². The van der Waals surface area contributed by atoms with Crippen molar-refractivity contribution in [2.24, 2.45) is 7.05 Å². The molecule has 100 valence electrons. The number of ketones is 1. The van der Waals surface area contributed by atoms with Crippen LogP contribution in [0.25, 0.3) is 0 Å². The van der Waals surface area contributed by atoms with Gasteiger partial charge in [0.15, 0.2) is 5.78 Å². The van der Waals surface area contributed by atoms with Gasteiger partial charge < -0.3 is 9.30 Å². The number of hydrogen-bond donors (Lipinski definition) is 0. The smallest absolute Gasteiger partial charge is 0.316 e. The van der Waals surface area contributed by atoms with Gasteiger partial charge in [0, 0.05) is 13.2 Å². The van der Waals surface area contributed by atoms with E-state index in [1.54, 1.807) is 10.6 Å². The van der Waals surface area contributed by atoms with Crippen LogP contribution < -0.4 is 0 Å². The van der Waals surface area contributed by atoms with Crippen LogP contribution >= 0.6 is 11.8 Å². The topological polar surface area (TPSA) is 48.3 Å². The standard InChI is InChI=1S/C13H19NO3S/c1-13(2,3)17-12(16)9-18-8-11(15)10-6-5-7-14(10)4/h5-7H,8-9H2,1-4H3. The van der Waals surface area contributed by atoms with Crippen LogP contribution in [-0.2, 0) is 16.6 Å². The molecule has 0 aliphatic carbocycles. The number of aryl methyl sites for hydroxylation is 1. The molecule has 4 nitrogen and oxygen atoms in total. The SMILES string of the molecule is Cn1cccc1C(=O)CSCC(=O)OC(C)(C)C. The molecule has 1 heterocycles. The molecule has 1 aromatic rings. The maximum absolute atomic E-state index is 11.8. The highest BCUT2D eigenvalue weighted by Gasteiger charge is 2.17. The van der Waals surface area contributed by atoms with Gasteiger partial charge in [0.25, 0.3) is 0 Å². The fourth-order valence-corrected chi connectivity index (χ4v) is 2.08. The zero-order valence-corrected chi connectivity index (χ0v) is 12.0. The Labute approximate surface area is 112 Å². The van der Waals surface area contributed by atoms with Crippen molar-refractivity contribution < 1.29 is 14.3 Å². The molecule has 0 amide bonds. The molecule has 1 rings (SSSR count). The second-order valence-corrected chi connectivity index (χ2v) is 5.99. The molecule has 0 unspecified atom stereocenters. The van der Waals surface area contributed by atoms with Crippen LogP contribution in [-0.4, -0.2) is 33.4 Å². The normalized spacial score (nSPS) is 11.3. The van der Waals surface area contributed by atoms with Crippen molar-refractivity contribution in [3.05, 3.63) is 24.0 Å². The largest absolute Gasteiger partial charge is 0.459 e. The molecular formula is C13H19NO3S. The molecule has 0 aliphatic rings. The summed E-state index contributed by atoms with van der Waals surface area (Å²) in [6.45, 7) is 5.47. The number of Topliss-reactive ketones (excluding diaryl/α,β-unsaturated/α-hetero) is 1. The number of rotatable bonds is 5. The van der Waals surface area contributed by atoms with Crippen molar-refractivity contribution >= 4 is 23.5 Å². The van der Waals surface area contributed by atoms with Crippen LogP contribution in [0.5, 0.6) is 0 Å². The second kappa shape index (κ2) is 6.09. The fourth-order valence-electron chi connectivity index (χ4n) is 1.42. The molecular weight excluding hydrogens is 250 g/mol. The number of hydrogen-bond acceptors (Lipinski definition) is 4. The Balaban J connectivity index is 2.33. The van der Waals surface area contributed by atoms with Crippen molar-refractivity contribution in [2.75, 3.05) is 11.5 Å². The van der Waals surface area contributed by atoms with E-state index in [0.29, 0.717) is 5.69 Å². The first-order valence-corrected chi connectivity index (χ1v) is 6.89. The molecule has 18 heavy (non-hydrogen) atoms. The summed E-state index contributed by atoms with van der Waals surface area (Å²) in [5.74, 6) is 0.230. The maximum atomic E-state index is 11.8. The van der Waals surface area contributed by atoms with Gasteiger partial charge in [-0.3, -0.25) is 9.59 Å². The molecule has 0 fully saturated rings. The molecule has 1 aromatic heterocycles. The first-order chi connectivity index (χ1) is 8.29. The molecule has 0 N–H and O–H groups in total. The van der Waals surface area contributed by atoms with E-state index in [2.05, 4.69) is 0 Å². The fraction of sp³-hybridized carbons (Fsp3) is 0.538. The Kier molecular flexibility index (Phi) is 5.02. The summed E-state index contributed by atoms with van der Waals surface area (Å²) in [4.78, 5) is 23.2. The van der Waals surface area contributed by atoms with E-state index in [-0.39, 0.29) is 23.3 Å². The second-order valence-electron chi connectivity index (χ2n) is 5.01. The van der Waals surface area contributed by atoms with Crippen LogP contribution in [0.2, 0.25) is 0 Å². The summed E-state index contributed by atoms with van der Waals surface area (Å²) in [6, 6.07) is 3.60. The number of carbonyl (C=O) groups excluding carboxylic acids is 2. The van der Waals surface area contributed by atoms with Crippen LogP contribution in [0.1, 0.15) is 31.3 Å². The Morgan fingerprint density at radius 3 is 2.50 bits per heavy atom. The monoisotopic (exact) mass is 269 g/mol. The lowest BCUT2D eigenvalue weighted by molar-refractivity contribution is -0.151. The van der Waals surface area contributed by atoms with Crippen LogP contribution in [0.3, 0.4) is 0 Å². The number of carbonyl (C=O) groups is 2. The maximum Gasteiger partial charge on any atom is 0.316 e. The zero-order chi connectivity index (χ0) is 13.8. The summed E-state index contributed by atoms with van der Waals surface area (Å²) in [7, 11) is 1.83. The number of esters is 1. The minimum absolute atomic E-state index is 0.0241. The Morgan fingerprint density at radius 2 is 2.00 bits per heavy atom. The number of nitrogens with zero attached hydrogens (tertiary/aromatic N) is 1. The third kappa shape index (κ3) is 4.96. The Hall–Kier alpha value is -1.23. The highest BCUT2D eigenvalue weighted by Crippen LogP contribution is 2.11. The van der Waals surface area contributed by atoms with Gasteiger partial charge in [0.1, 0.15) is 5.60 Å². The van der Waals surface area contributed by atoms with Crippen LogP contribution in [0, 0.1) is 0 Å². The molecule has 0 spiro atoms. The van der Waals surface area contributed by atoms with Gasteiger partial charge in [-0.15, -0.1) is 11.8 Å². The highest BCUT2D eigenvalue weighted by molar-refractivity contribution is 8.00. The first kappa shape index (κ1) is 14.8. The molecule has 0 bridgehead atoms. The zero-order valence-electron chi connectivity index (χ0n) is 11.2. The average Bonchev–Trinajstić information content (AvgIpc) is 2.61. The van der Waals surface area contributed by atoms with Crippen molar-refractivity contribution in [2.45, 2.75) is 26.4 Å². The van der Waals surface area contributed by atoms with E-state index < -0.39 is 5.60 Å². The molecule has 0 aromatic carbocycles. The molecule has 0 aliphatic heterocycles. The van der Waals surface area contributed by atoms with Gasteiger partial charge in [0.05, 0.1) is 17.2 Å². The van der Waals surface area contributed by atoms with Crippen molar-refractivity contribution in [3.8, 4) is 0 Å². The minimum Gasteiger partial charge on any atom is -0.459 e. The third-order valence-electron chi connectivity index (χ3n) is 2.10. The lowest BCUT2D eigenvalue weighted by atomic mass is 10.2. The predicted molar refractivity (Wildman–Crippen MR) is 72.9 cm³/mol. The first-order valence-electron chi connectivity index (χ1n) is 5.74. The van der Waals surface area contributed by atoms with Crippen molar-refractivity contribution in [1.82, 2.24) is 4.57 Å². The van der Waals surface area contributed by atoms with Crippen molar-refractivity contribution in [3.63, 3.8) is 0 Å². The summed E-state index contributed by atoms with van der Waals surface area (Å²) in [5, 5.41) is 0. The predicted octanol–water partition coefficient (Wildman–Crippen LogP) is 2.28. The van der Waals surface area contributed by atoms with Gasteiger partial charge in [-0.25, -0.2) is 0 Å². The van der Waals surface area contributed by atoms with Crippen LogP contribution in [0.4, 0.5) is 0 Å². The number of ether oxygens (including phenoxy) is 1. The van der Waals surface area contributed by atoms with E-state index in [4.69, 9.17) is 4.74 Å². The van der Waals surface area contributed by atoms with Crippen LogP contribution in [0.15, 0.2) is 18.3 Å². The van der Waals surface area contributed by atoms with E-state index in [1.807, 2.05) is 40.1 Å². The van der Waals surface area contributed by atoms with Gasteiger partial charge in [-0.05, 0) is 32.9 Å². The summed E-state index contributed by atoms with van der Waals surface area (Å²) >= 11 is 1.28. The molecule has 0 saturated heterocycles. The summed E-state index contributed by atoms with van der Waals surface area (Å²) in [5.41, 5.74) is 0.187. The number of thioether (sulfide) groups is 1. The van der Waals surface area contributed by atoms with E-state index in [1.165, 1.54) is 11.8 Å². The quantitative estimate of drug-likeness (QED) is 0.608. The molecule has 0 saturated carbocycles. The van der Waals surface area contributed by atoms with Gasteiger partial charge in [-0.1, -0.05) is 0 Å². The summed E-state index contributed by atoms with van der Waals surface area (Å²) < 4.78 is 6.93. The van der Waals surface area contributed by atoms with Gasteiger partial charge in [0.2, 0.25) is 0 Å². The van der Waals surface area contributed by atoms with E-state index in [9.17, 15) is 9.59 Å². The minimum atomic E-state index is -0.472. The lowest BCUT2D eigenvalue weighted by Gasteiger charge is -2.19.